The molecule has 2 rings (SSSR count). The minimum absolute atomic E-state index is 0.00519. The number of nitro groups is 1. The fourth-order valence-electron chi connectivity index (χ4n) is 2.79. The van der Waals surface area contributed by atoms with E-state index in [0.29, 0.717) is 6.42 Å². The Bertz CT molecular complexity index is 965. The van der Waals surface area contributed by atoms with Crippen molar-refractivity contribution in [1.29, 1.82) is 0 Å². The lowest BCUT2D eigenvalue weighted by molar-refractivity contribution is -0.384. The Balaban J connectivity index is 2.84. The predicted octanol–water partition coefficient (Wildman–Crippen LogP) is 2.98. The van der Waals surface area contributed by atoms with E-state index in [-0.39, 0.29) is 39.3 Å². The van der Waals surface area contributed by atoms with Gasteiger partial charge in [0.15, 0.2) is 0 Å². The number of esters is 1. The van der Waals surface area contributed by atoms with Gasteiger partial charge < -0.3 is 14.6 Å². The number of nitrogens with zero attached hydrogens (tertiary/aromatic N) is 2. The van der Waals surface area contributed by atoms with Gasteiger partial charge >= 0.3 is 5.97 Å². The van der Waals surface area contributed by atoms with Crippen LogP contribution in [-0.4, -0.2) is 27.4 Å². The zero-order valence-corrected chi connectivity index (χ0v) is 16.4. The summed E-state index contributed by atoms with van der Waals surface area (Å²) in [6.45, 7) is 8.34. The van der Waals surface area contributed by atoms with Crippen molar-refractivity contribution in [2.24, 2.45) is 0 Å². The van der Waals surface area contributed by atoms with Gasteiger partial charge in [0.2, 0.25) is 0 Å². The average Bonchev–Trinajstić information content (AvgIpc) is 2.60. The Kier molecular flexibility index (Phi) is 5.82. The molecular formula is C20H21N2O6-. The summed E-state index contributed by atoms with van der Waals surface area (Å²) in [4.78, 5) is 39.5. The van der Waals surface area contributed by atoms with Gasteiger partial charge in [-0.3, -0.25) is 15.1 Å². The molecule has 0 N–H and O–H groups in total. The second-order valence-electron chi connectivity index (χ2n) is 7.01. The Morgan fingerprint density at radius 3 is 2.32 bits per heavy atom. The van der Waals surface area contributed by atoms with Gasteiger partial charge in [-0.25, -0.2) is 4.79 Å². The highest BCUT2D eigenvalue weighted by Crippen LogP contribution is 2.34. The van der Waals surface area contributed by atoms with Gasteiger partial charge in [0, 0.05) is 29.0 Å². The summed E-state index contributed by atoms with van der Waals surface area (Å²) >= 11 is 0. The molecule has 0 spiro atoms. The average molecular weight is 385 g/mol. The molecular weight excluding hydrogens is 364 g/mol. The third-order valence-electron chi connectivity index (χ3n) is 4.53. The topological polar surface area (TPSA) is 122 Å². The first-order valence-corrected chi connectivity index (χ1v) is 8.69. The summed E-state index contributed by atoms with van der Waals surface area (Å²) < 4.78 is 5.54. The highest BCUT2D eigenvalue weighted by molar-refractivity contribution is 6.06. The first kappa shape index (κ1) is 21.0. The molecule has 1 aromatic heterocycles. The zero-order chi connectivity index (χ0) is 21.2. The molecule has 0 unspecified atom stereocenters. The van der Waals surface area contributed by atoms with Crippen LogP contribution >= 0.6 is 0 Å². The van der Waals surface area contributed by atoms with Crippen molar-refractivity contribution < 1.29 is 24.4 Å². The molecule has 0 saturated carbocycles. The molecule has 2 aromatic rings. The Morgan fingerprint density at radius 1 is 1.18 bits per heavy atom. The fourth-order valence-corrected chi connectivity index (χ4v) is 2.79. The minimum atomic E-state index is -1.53. The maximum Gasteiger partial charge on any atom is 0.341 e. The van der Waals surface area contributed by atoms with E-state index in [1.54, 1.807) is 20.8 Å². The monoisotopic (exact) mass is 385 g/mol. The molecule has 0 aliphatic rings. The van der Waals surface area contributed by atoms with Crippen LogP contribution < -0.4 is 5.11 Å². The summed E-state index contributed by atoms with van der Waals surface area (Å²) in [6.07, 6.45) is 0.538. The third kappa shape index (κ3) is 4.16. The maximum atomic E-state index is 12.9. The lowest BCUT2D eigenvalue weighted by Gasteiger charge is -2.25. The summed E-state index contributed by atoms with van der Waals surface area (Å²) in [5.74, 6) is -2.28. The molecule has 1 heterocycles. The van der Waals surface area contributed by atoms with Gasteiger partial charge in [0.1, 0.15) is 5.60 Å². The molecule has 148 valence electrons. The maximum absolute atomic E-state index is 12.9. The molecule has 8 heteroatoms. The van der Waals surface area contributed by atoms with Crippen LogP contribution in [0.25, 0.3) is 11.1 Å². The van der Waals surface area contributed by atoms with Gasteiger partial charge in [-0.05, 0) is 39.7 Å². The van der Waals surface area contributed by atoms with Crippen LogP contribution in [0.5, 0.6) is 0 Å². The van der Waals surface area contributed by atoms with E-state index < -0.39 is 22.5 Å². The van der Waals surface area contributed by atoms with Gasteiger partial charge in [-0.1, -0.05) is 19.1 Å². The van der Waals surface area contributed by atoms with E-state index >= 15 is 0 Å². The summed E-state index contributed by atoms with van der Waals surface area (Å²) in [7, 11) is 0. The number of aromatic nitrogens is 1. The van der Waals surface area contributed by atoms with Crippen molar-refractivity contribution in [3.63, 3.8) is 0 Å². The van der Waals surface area contributed by atoms with Crippen molar-refractivity contribution in [2.75, 3.05) is 0 Å². The van der Waals surface area contributed by atoms with Crippen LogP contribution in [-0.2, 0) is 4.74 Å². The Labute approximate surface area is 162 Å². The standard InChI is InChI=1S/C20H22N2O6/c1-6-20(4,5)28-19(25)16-12(3)21-11(2)15(18(23)24)17(16)13-8-7-9-14(10-13)22(26)27/h7-10H,6H2,1-5H3,(H,23,24)/p-1. The van der Waals surface area contributed by atoms with Gasteiger partial charge in [-0.2, -0.15) is 0 Å². The van der Waals surface area contributed by atoms with E-state index in [2.05, 4.69) is 4.98 Å². The largest absolute Gasteiger partial charge is 0.545 e. The highest BCUT2D eigenvalue weighted by Gasteiger charge is 2.29. The Hall–Kier alpha value is -3.29. The number of carbonyl (C=O) groups excluding carboxylic acids is 2. The van der Waals surface area contributed by atoms with Crippen LogP contribution in [0.2, 0.25) is 0 Å². The predicted molar refractivity (Wildman–Crippen MR) is 99.9 cm³/mol. The van der Waals surface area contributed by atoms with Gasteiger partial charge in [0.25, 0.3) is 5.69 Å². The lowest BCUT2D eigenvalue weighted by Crippen LogP contribution is -2.30. The number of pyridine rings is 1. The number of nitro benzene ring substituents is 1. The second-order valence-corrected chi connectivity index (χ2v) is 7.01. The number of non-ortho nitro benzene ring substituents is 1. The minimum Gasteiger partial charge on any atom is -0.545 e. The molecule has 0 aliphatic carbocycles. The van der Waals surface area contributed by atoms with Crippen molar-refractivity contribution in [3.05, 3.63) is 56.9 Å². The number of carboxylic acid groups (broad SMARTS) is 1. The Morgan fingerprint density at radius 2 is 1.79 bits per heavy atom. The van der Waals surface area contributed by atoms with E-state index in [4.69, 9.17) is 4.74 Å². The van der Waals surface area contributed by atoms with E-state index in [9.17, 15) is 24.8 Å². The number of hydrogen-bond donors (Lipinski definition) is 0. The van der Waals surface area contributed by atoms with Gasteiger partial charge in [-0.15, -0.1) is 0 Å². The van der Waals surface area contributed by atoms with Crippen LogP contribution in [0.1, 0.15) is 59.3 Å². The number of hydrogen-bond acceptors (Lipinski definition) is 7. The van der Waals surface area contributed by atoms with Crippen LogP contribution in [0.4, 0.5) is 5.69 Å². The first-order valence-electron chi connectivity index (χ1n) is 8.69. The molecule has 0 bridgehead atoms. The van der Waals surface area contributed by atoms with Crippen molar-refractivity contribution >= 4 is 17.6 Å². The molecule has 28 heavy (non-hydrogen) atoms. The zero-order valence-electron chi connectivity index (χ0n) is 16.4. The number of carbonyl (C=O) groups is 2. The molecule has 0 aliphatic heterocycles. The fraction of sp³-hybridized carbons (Fsp3) is 0.350. The quantitative estimate of drug-likeness (QED) is 0.425. The molecule has 0 radical (unpaired) electrons. The molecule has 0 atom stereocenters. The number of rotatable bonds is 6. The summed E-state index contributed by atoms with van der Waals surface area (Å²) in [5.41, 5.74) is -0.753. The second kappa shape index (κ2) is 7.75. The number of aromatic carboxylic acids is 1. The number of aryl methyl sites for hydroxylation is 2. The summed E-state index contributed by atoms with van der Waals surface area (Å²) in [6, 6.07) is 5.40. The number of carboxylic acids is 1. The highest BCUT2D eigenvalue weighted by atomic mass is 16.6. The molecule has 0 saturated heterocycles. The van der Waals surface area contributed by atoms with E-state index in [1.807, 2.05) is 6.92 Å². The molecule has 1 aromatic carbocycles. The van der Waals surface area contributed by atoms with E-state index in [0.717, 1.165) is 0 Å². The summed E-state index contributed by atoms with van der Waals surface area (Å²) in [5, 5.41) is 23.0. The number of ether oxygens (including phenoxy) is 1. The molecule has 8 nitrogen and oxygen atoms in total. The smallest absolute Gasteiger partial charge is 0.341 e. The van der Waals surface area contributed by atoms with Crippen LogP contribution in [0.15, 0.2) is 24.3 Å². The molecule has 0 fully saturated rings. The molecule has 0 amide bonds. The third-order valence-corrected chi connectivity index (χ3v) is 4.53. The van der Waals surface area contributed by atoms with E-state index in [1.165, 1.54) is 31.2 Å². The lowest BCUT2D eigenvalue weighted by atomic mass is 9.92. The van der Waals surface area contributed by atoms with Crippen LogP contribution in [0.3, 0.4) is 0 Å². The van der Waals surface area contributed by atoms with Crippen molar-refractivity contribution in [2.45, 2.75) is 46.6 Å². The van der Waals surface area contributed by atoms with Crippen molar-refractivity contribution in [3.8, 4) is 11.1 Å². The first-order chi connectivity index (χ1) is 13.0. The van der Waals surface area contributed by atoms with Crippen molar-refractivity contribution in [1.82, 2.24) is 4.98 Å². The van der Waals surface area contributed by atoms with Crippen LogP contribution in [0, 0.1) is 24.0 Å². The number of benzene rings is 1. The van der Waals surface area contributed by atoms with Gasteiger partial charge in [0.05, 0.1) is 22.1 Å². The normalized spacial score (nSPS) is 11.2. The SMILES string of the molecule is CCC(C)(C)OC(=O)c1c(C)nc(C)c(C(=O)[O-])c1-c1cccc([N+](=O)[O-])c1.